The second-order valence-electron chi connectivity index (χ2n) is 7.94. The fourth-order valence-corrected chi connectivity index (χ4v) is 6.20. The minimum Gasteiger partial charge on any atom is -0.447 e. The van der Waals surface area contributed by atoms with Crippen molar-refractivity contribution in [1.29, 1.82) is 0 Å². The van der Waals surface area contributed by atoms with Gasteiger partial charge in [0, 0.05) is 62.2 Å². The number of hydrogen-bond acceptors (Lipinski definition) is 8. The molecule has 5 rings (SSSR count). The molecular weight excluding hydrogens is 544 g/mol. The predicted molar refractivity (Wildman–Crippen MR) is 114 cm³/mol. The van der Waals surface area contributed by atoms with Gasteiger partial charge in [-0.05, 0) is 48.3 Å². The van der Waals surface area contributed by atoms with Crippen LogP contribution in [0.25, 0.3) is 11.2 Å². The molecule has 1 unspecified atom stereocenters. The van der Waals surface area contributed by atoms with Crippen LogP contribution in [-0.2, 0) is 46.5 Å². The number of benzene rings is 1. The zero-order valence-electron chi connectivity index (χ0n) is 17.6. The van der Waals surface area contributed by atoms with Crippen molar-refractivity contribution >= 4 is 36.7 Å². The van der Waals surface area contributed by atoms with E-state index in [0.717, 1.165) is 0 Å². The Morgan fingerprint density at radius 3 is 2.76 bits per heavy atom. The van der Waals surface area contributed by atoms with Crippen molar-refractivity contribution in [3.63, 3.8) is 0 Å². The molecule has 13 heteroatoms. The van der Waals surface area contributed by atoms with Crippen molar-refractivity contribution < 1.29 is 61.1 Å². The number of esters is 1. The maximum absolute atomic E-state index is 12.8. The second kappa shape index (κ2) is 9.81. The summed E-state index contributed by atoms with van der Waals surface area (Å²) in [6.45, 7) is 1.70. The molecule has 0 spiro atoms. The Bertz CT molecular complexity index is 1220. The van der Waals surface area contributed by atoms with E-state index >= 15 is 0 Å². The van der Waals surface area contributed by atoms with Crippen molar-refractivity contribution in [3.8, 4) is 0 Å². The topological polar surface area (TPSA) is 137 Å². The van der Waals surface area contributed by atoms with Crippen molar-refractivity contribution in [2.24, 2.45) is 11.8 Å². The first kappa shape index (κ1) is 24.9. The van der Waals surface area contributed by atoms with E-state index in [0.29, 0.717) is 40.4 Å². The number of nitrogens with zero attached hydrogens (tertiary/aromatic N) is 4. The number of hydrogen-bond donors (Lipinski definition) is 2. The number of imidazole rings is 1. The Kier molecular flexibility index (Phi) is 7.41. The zero-order chi connectivity index (χ0) is 22.5. The first-order chi connectivity index (χ1) is 15.3. The van der Waals surface area contributed by atoms with Crippen LogP contribution in [-0.4, -0.2) is 47.3 Å². The van der Waals surface area contributed by atoms with Crippen molar-refractivity contribution in [1.82, 2.24) is 19.5 Å². The van der Waals surface area contributed by atoms with Crippen LogP contribution in [0.1, 0.15) is 34.9 Å². The van der Waals surface area contributed by atoms with Gasteiger partial charge >= 0.3 is 13.8 Å². The number of aromatic nitrogens is 4. The molecule has 171 valence electrons. The van der Waals surface area contributed by atoms with E-state index in [1.165, 1.54) is 11.8 Å². The number of rotatable bonds is 5. The van der Waals surface area contributed by atoms with Gasteiger partial charge in [-0.25, -0.2) is 14.3 Å². The predicted octanol–water partition coefficient (Wildman–Crippen LogP) is 2.90. The largest absolute Gasteiger partial charge is 0.469 e. The van der Waals surface area contributed by atoms with E-state index in [2.05, 4.69) is 16.3 Å². The van der Waals surface area contributed by atoms with Gasteiger partial charge in [0.1, 0.15) is 0 Å². The third-order valence-electron chi connectivity index (χ3n) is 5.92. The molecule has 1 saturated carbocycles. The van der Waals surface area contributed by atoms with Gasteiger partial charge in [0.05, 0.1) is 12.2 Å². The third kappa shape index (κ3) is 5.10. The molecule has 1 aromatic carbocycles. The molecule has 0 amide bonds. The van der Waals surface area contributed by atoms with E-state index in [9.17, 15) is 19.1 Å². The maximum Gasteiger partial charge on any atom is 0.469 e. The number of aryl methyl sites for hydroxylation is 1. The SMILES string of the molecule is Cc1n[c-]nc2c1nc1n2[C@H]2C[C@@H](COP(=O)(O)O)[C@H](C2)C(OC(=O)c2ccccc2)S1.[Y]. The summed E-state index contributed by atoms with van der Waals surface area (Å²) in [6, 6.07) is 8.67. The van der Waals surface area contributed by atoms with Crippen LogP contribution in [0.15, 0.2) is 35.5 Å². The van der Waals surface area contributed by atoms with Gasteiger partial charge in [0.25, 0.3) is 0 Å². The Morgan fingerprint density at radius 1 is 1.27 bits per heavy atom. The van der Waals surface area contributed by atoms with Crippen LogP contribution in [0, 0.1) is 25.1 Å². The van der Waals surface area contributed by atoms with Crippen molar-refractivity contribution in [2.75, 3.05) is 6.61 Å². The van der Waals surface area contributed by atoms with Crippen molar-refractivity contribution in [2.45, 2.75) is 36.4 Å². The van der Waals surface area contributed by atoms with Crippen LogP contribution in [0.3, 0.4) is 0 Å². The van der Waals surface area contributed by atoms with Crippen LogP contribution in [0.4, 0.5) is 0 Å². The molecule has 2 N–H and O–H groups in total. The fraction of sp³-hybridized carbons (Fsp3) is 0.400. The number of ether oxygens (including phenoxy) is 1. The van der Waals surface area contributed by atoms with Crippen LogP contribution in [0.2, 0.25) is 0 Å². The monoisotopic (exact) mass is 564 g/mol. The molecule has 2 bridgehead atoms. The summed E-state index contributed by atoms with van der Waals surface area (Å²) in [4.78, 5) is 44.3. The van der Waals surface area contributed by atoms with Crippen LogP contribution in [0.5, 0.6) is 0 Å². The molecule has 1 radical (unpaired) electrons. The summed E-state index contributed by atoms with van der Waals surface area (Å²) < 4.78 is 24.1. The van der Waals surface area contributed by atoms with E-state index < -0.39 is 19.2 Å². The second-order valence-corrected chi connectivity index (χ2v) is 10.2. The Hall–Kier alpha value is -1.20. The molecule has 1 aliphatic carbocycles. The zero-order valence-corrected chi connectivity index (χ0v) is 22.1. The number of carbonyl (C=O) groups is 1. The molecule has 2 aromatic heterocycles. The Morgan fingerprint density at radius 2 is 2.03 bits per heavy atom. The molecule has 10 nitrogen and oxygen atoms in total. The summed E-state index contributed by atoms with van der Waals surface area (Å²) in [5.41, 5.74) is 1.83. The molecule has 4 atom stereocenters. The number of phosphoric ester groups is 1. The van der Waals surface area contributed by atoms with Gasteiger partial charge < -0.3 is 29.1 Å². The summed E-state index contributed by atoms with van der Waals surface area (Å²) in [5, 5.41) is 0.671. The average molecular weight is 564 g/mol. The fourth-order valence-electron chi connectivity index (χ4n) is 4.47. The van der Waals surface area contributed by atoms with Gasteiger partial charge in [-0.1, -0.05) is 25.1 Å². The summed E-state index contributed by atoms with van der Waals surface area (Å²) in [7, 11) is -4.62. The Balaban J connectivity index is 0.00000259. The van der Waals surface area contributed by atoms with E-state index in [1.54, 1.807) is 24.3 Å². The first-order valence-electron chi connectivity index (χ1n) is 10.1. The quantitative estimate of drug-likeness (QED) is 0.271. The van der Waals surface area contributed by atoms with Crippen LogP contribution >= 0.6 is 19.6 Å². The molecule has 33 heavy (non-hydrogen) atoms. The minimum atomic E-state index is -4.62. The summed E-state index contributed by atoms with van der Waals surface area (Å²) in [6.07, 6.45) is 3.88. The van der Waals surface area contributed by atoms with Gasteiger partial charge in [-0.15, -0.1) is 0 Å². The van der Waals surface area contributed by atoms with Gasteiger partial charge in [-0.3, -0.25) is 4.52 Å². The number of carbonyl (C=O) groups excluding carboxylic acids is 1. The Labute approximate surface area is 219 Å². The molecular formula is C20H20N4O6PSY-. The summed E-state index contributed by atoms with van der Waals surface area (Å²) in [5.74, 6) is -0.853. The smallest absolute Gasteiger partial charge is 0.447 e. The molecule has 3 heterocycles. The van der Waals surface area contributed by atoms with Gasteiger partial charge in [0.2, 0.25) is 0 Å². The van der Waals surface area contributed by atoms with Crippen molar-refractivity contribution in [3.05, 3.63) is 47.9 Å². The number of phosphoric acid groups is 1. The molecule has 3 aromatic rings. The average Bonchev–Trinajstić information content (AvgIpc) is 3.29. The minimum absolute atomic E-state index is 0. The number of thioether (sulfide) groups is 1. The summed E-state index contributed by atoms with van der Waals surface area (Å²) >= 11 is 1.31. The van der Waals surface area contributed by atoms with Gasteiger partial charge in [0.15, 0.2) is 10.6 Å². The normalized spacial score (nSPS) is 24.1. The van der Waals surface area contributed by atoms with E-state index in [-0.39, 0.29) is 57.2 Å². The first-order valence-corrected chi connectivity index (χ1v) is 12.5. The standard InChI is InChI=1S/C20H20N4O6PS.Y/c1-11-16-17(22-10-21-11)24-14-7-13(9-29-31(26,27)28)15(8-14)19(32-20(24)23-16)30-18(25)12-5-3-2-4-6-12;/h2-6,13-15,19H,7-9H2,1H3,(H2,26,27,28);/q-1;/t13-,14-,15-,19?;/m0./s1. The third-order valence-corrected chi connectivity index (χ3v) is 7.58. The number of fused-ring (bicyclic) bond motifs is 6. The van der Waals surface area contributed by atoms with Gasteiger partial charge in [-0.2, -0.15) is 0 Å². The van der Waals surface area contributed by atoms with E-state index in [1.807, 2.05) is 17.6 Å². The maximum atomic E-state index is 12.8. The van der Waals surface area contributed by atoms with E-state index in [4.69, 9.17) is 14.2 Å². The molecule has 2 aliphatic rings. The molecule has 0 saturated heterocycles. The molecule has 1 aliphatic heterocycles. The molecule has 1 fully saturated rings. The van der Waals surface area contributed by atoms with Crippen LogP contribution < -0.4 is 0 Å².